The van der Waals surface area contributed by atoms with Crippen molar-refractivity contribution < 1.29 is 23.9 Å². The number of rotatable bonds is 10. The molecule has 4 aromatic carbocycles. The Kier molecular flexibility index (Phi) is 8.75. The lowest BCUT2D eigenvalue weighted by Gasteiger charge is -2.31. The number of aryl methyl sites for hydroxylation is 1. The Hall–Kier alpha value is -5.68. The highest BCUT2D eigenvalue weighted by Crippen LogP contribution is 2.43. The maximum atomic E-state index is 14.3. The molecule has 1 aromatic heterocycles. The van der Waals surface area contributed by atoms with Crippen LogP contribution < -0.4 is 33.8 Å². The van der Waals surface area contributed by atoms with Crippen LogP contribution in [0.2, 0.25) is 0 Å². The van der Waals surface area contributed by atoms with Crippen molar-refractivity contribution in [3.8, 4) is 23.0 Å². The van der Waals surface area contributed by atoms with Gasteiger partial charge in [0, 0.05) is 17.7 Å². The van der Waals surface area contributed by atoms with Gasteiger partial charge in [0.05, 0.1) is 42.0 Å². The van der Waals surface area contributed by atoms with Gasteiger partial charge in [0.2, 0.25) is 0 Å². The highest BCUT2D eigenvalue weighted by Gasteiger charge is 2.33. The molecule has 1 aliphatic heterocycles. The quantitative estimate of drug-likeness (QED) is 0.128. The topological polar surface area (TPSA) is 114 Å². The summed E-state index contributed by atoms with van der Waals surface area (Å²) in [7, 11) is 3.21. The third kappa shape index (κ3) is 6.09. The van der Waals surface area contributed by atoms with Gasteiger partial charge in [-0.25, -0.2) is 4.99 Å². The lowest BCUT2D eigenvalue weighted by Crippen LogP contribution is -2.38. The van der Waals surface area contributed by atoms with Gasteiger partial charge in [-0.1, -0.05) is 47.7 Å². The van der Waals surface area contributed by atoms with E-state index in [1.54, 1.807) is 37.0 Å². The Labute approximate surface area is 286 Å². The lowest BCUT2D eigenvalue weighted by atomic mass is 9.83. The second kappa shape index (κ2) is 13.4. The second-order valence-corrected chi connectivity index (χ2v) is 12.6. The van der Waals surface area contributed by atoms with E-state index in [4.69, 9.17) is 23.9 Å². The number of allylic oxidation sites excluding steroid dienone is 1. The summed E-state index contributed by atoms with van der Waals surface area (Å²) < 4.78 is 25.5. The van der Waals surface area contributed by atoms with Gasteiger partial charge in [-0.05, 0) is 90.1 Å². The predicted molar refractivity (Wildman–Crippen MR) is 187 cm³/mol. The number of non-ortho nitro benzene ring substituents is 1. The van der Waals surface area contributed by atoms with Crippen LogP contribution in [-0.2, 0) is 13.0 Å². The summed E-state index contributed by atoms with van der Waals surface area (Å²) in [5.74, 6) is 2.27. The van der Waals surface area contributed by atoms with Gasteiger partial charge in [-0.15, -0.1) is 0 Å². The molecule has 1 aliphatic carbocycles. The minimum atomic E-state index is -0.433. The lowest BCUT2D eigenvalue weighted by molar-refractivity contribution is -0.384. The van der Waals surface area contributed by atoms with E-state index in [2.05, 4.69) is 18.2 Å². The first-order chi connectivity index (χ1) is 23.9. The maximum absolute atomic E-state index is 14.3. The van der Waals surface area contributed by atoms with Crippen LogP contribution in [0.15, 0.2) is 100 Å². The first kappa shape index (κ1) is 31.9. The monoisotopic (exact) mass is 675 g/mol. The standard InChI is InChI=1S/C38H33N3O7S/c1-4-47-33-19-24(11-17-31(33)48-22-23-9-14-27(15-10-23)41(43)44)20-34-37(42)40-36(26-13-18-30(45-2)32(21-26)46-3)29-16-12-25-7-5-6-8-28(25)35(29)39-38(40)49-34/h5-11,13-15,17-21,36H,4,12,16,22H2,1-3H3/b34-20+/t36-/m0/s1. The summed E-state index contributed by atoms with van der Waals surface area (Å²) in [6.45, 7) is 2.51. The van der Waals surface area contributed by atoms with Crippen LogP contribution in [0.5, 0.6) is 23.0 Å². The SMILES string of the molecule is CCOc1cc(/C=c2/sc3n(c2=O)[C@@H](c2ccc(OC)c(OC)c2)C2=C(N=3)c3ccccc3CC2)ccc1OCc1ccc([N+](=O)[O-])cc1. The minimum absolute atomic E-state index is 0.0217. The normalized spacial score (nSPS) is 15.1. The fourth-order valence-electron chi connectivity index (χ4n) is 6.37. The average molecular weight is 676 g/mol. The summed E-state index contributed by atoms with van der Waals surface area (Å²) in [4.78, 5) is 30.6. The number of benzene rings is 4. The van der Waals surface area contributed by atoms with Crippen LogP contribution >= 0.6 is 11.3 Å². The summed E-state index contributed by atoms with van der Waals surface area (Å²) in [6, 6.07) is 25.5. The largest absolute Gasteiger partial charge is 0.493 e. The molecule has 7 rings (SSSR count). The van der Waals surface area contributed by atoms with Gasteiger partial charge in [0.1, 0.15) is 6.61 Å². The zero-order valence-corrected chi connectivity index (χ0v) is 28.0. The number of methoxy groups -OCH3 is 2. The van der Waals surface area contributed by atoms with Crippen molar-refractivity contribution in [1.29, 1.82) is 0 Å². The van der Waals surface area contributed by atoms with Gasteiger partial charge in [-0.3, -0.25) is 19.5 Å². The number of nitro benzene ring substituents is 1. The Morgan fingerprint density at radius 1 is 0.918 bits per heavy atom. The summed E-state index contributed by atoms with van der Waals surface area (Å²) >= 11 is 1.36. The summed E-state index contributed by atoms with van der Waals surface area (Å²) in [6.07, 6.45) is 3.49. The highest BCUT2D eigenvalue weighted by atomic mass is 32.1. The van der Waals surface area contributed by atoms with Gasteiger partial charge in [-0.2, -0.15) is 0 Å². The van der Waals surface area contributed by atoms with Crippen molar-refractivity contribution in [3.05, 3.63) is 148 Å². The zero-order chi connectivity index (χ0) is 34.1. The van der Waals surface area contributed by atoms with Gasteiger partial charge in [0.25, 0.3) is 11.2 Å². The Balaban J connectivity index is 1.29. The van der Waals surface area contributed by atoms with Crippen LogP contribution in [0.4, 0.5) is 5.69 Å². The number of fused-ring (bicyclic) bond motifs is 3. The molecule has 1 atom stereocenters. The number of nitrogens with zero attached hydrogens (tertiary/aromatic N) is 3. The molecule has 11 heteroatoms. The Morgan fingerprint density at radius 3 is 2.45 bits per heavy atom. The van der Waals surface area contributed by atoms with Crippen LogP contribution in [0.25, 0.3) is 11.8 Å². The van der Waals surface area contributed by atoms with Crippen molar-refractivity contribution in [3.63, 3.8) is 0 Å². The number of ether oxygens (including phenoxy) is 4. The number of aromatic nitrogens is 1. The molecule has 0 unspecified atom stereocenters. The molecule has 0 radical (unpaired) electrons. The Bertz CT molecular complexity index is 2290. The number of hydrogen-bond acceptors (Lipinski definition) is 9. The molecule has 0 N–H and O–H groups in total. The van der Waals surface area contributed by atoms with Crippen molar-refractivity contribution in [2.75, 3.05) is 20.8 Å². The number of thiazole rings is 1. The van der Waals surface area contributed by atoms with Crippen molar-refractivity contribution in [2.45, 2.75) is 32.4 Å². The van der Waals surface area contributed by atoms with Crippen molar-refractivity contribution >= 4 is 28.8 Å². The third-order valence-electron chi connectivity index (χ3n) is 8.70. The highest BCUT2D eigenvalue weighted by molar-refractivity contribution is 7.07. The van der Waals surface area contributed by atoms with E-state index in [-0.39, 0.29) is 23.9 Å². The van der Waals surface area contributed by atoms with E-state index in [0.717, 1.165) is 46.4 Å². The van der Waals surface area contributed by atoms with E-state index < -0.39 is 4.92 Å². The van der Waals surface area contributed by atoms with Gasteiger partial charge in [0.15, 0.2) is 27.8 Å². The molecule has 2 aliphatic rings. The fourth-order valence-corrected chi connectivity index (χ4v) is 7.37. The smallest absolute Gasteiger partial charge is 0.271 e. The zero-order valence-electron chi connectivity index (χ0n) is 27.2. The molecule has 0 saturated heterocycles. The molecule has 0 spiro atoms. The molecule has 0 saturated carbocycles. The second-order valence-electron chi connectivity index (χ2n) is 11.6. The van der Waals surface area contributed by atoms with E-state index in [1.807, 2.05) is 49.4 Å². The first-order valence-electron chi connectivity index (χ1n) is 15.9. The molecule has 5 aromatic rings. The van der Waals surface area contributed by atoms with E-state index >= 15 is 0 Å². The minimum Gasteiger partial charge on any atom is -0.493 e. The molecular formula is C38H33N3O7S. The summed E-state index contributed by atoms with van der Waals surface area (Å²) in [5, 5.41) is 11.0. The van der Waals surface area contributed by atoms with Crippen LogP contribution in [0, 0.1) is 10.1 Å². The number of nitro groups is 1. The van der Waals surface area contributed by atoms with Gasteiger partial charge < -0.3 is 18.9 Å². The predicted octanol–water partition coefficient (Wildman–Crippen LogP) is 6.22. The molecule has 248 valence electrons. The molecule has 10 nitrogen and oxygen atoms in total. The van der Waals surface area contributed by atoms with Crippen molar-refractivity contribution in [1.82, 2.24) is 4.57 Å². The third-order valence-corrected chi connectivity index (χ3v) is 9.69. The molecule has 0 amide bonds. The average Bonchev–Trinajstić information content (AvgIpc) is 3.43. The molecule has 0 fully saturated rings. The molecular weight excluding hydrogens is 642 g/mol. The van der Waals surface area contributed by atoms with E-state index in [1.165, 1.54) is 29.0 Å². The summed E-state index contributed by atoms with van der Waals surface area (Å²) in [5.41, 5.74) is 6.72. The Morgan fingerprint density at radius 2 is 1.69 bits per heavy atom. The fraction of sp³-hybridized carbons (Fsp3) is 0.211. The van der Waals surface area contributed by atoms with Crippen LogP contribution in [0.1, 0.15) is 47.2 Å². The van der Waals surface area contributed by atoms with E-state index in [9.17, 15) is 14.9 Å². The van der Waals surface area contributed by atoms with E-state index in [0.29, 0.717) is 38.9 Å². The molecule has 0 bridgehead atoms. The first-order valence-corrected chi connectivity index (χ1v) is 16.7. The maximum Gasteiger partial charge on any atom is 0.271 e. The number of hydrogen-bond donors (Lipinski definition) is 0. The van der Waals surface area contributed by atoms with Gasteiger partial charge >= 0.3 is 0 Å². The van der Waals surface area contributed by atoms with Crippen LogP contribution in [-0.4, -0.2) is 30.3 Å². The van der Waals surface area contributed by atoms with Crippen molar-refractivity contribution in [2.24, 2.45) is 4.99 Å². The molecule has 49 heavy (non-hydrogen) atoms. The molecule has 2 heterocycles. The van der Waals surface area contributed by atoms with Crippen LogP contribution in [0.3, 0.4) is 0 Å².